The molecule has 9 heteroatoms. The first-order valence-corrected chi connectivity index (χ1v) is 8.13. The standard InChI is InChI=1S/C16H21N5O4/c22-14(11-19-5-7-25-8-6-19)12-20-10-13(9-17-20)18-15-3-1-2-4-16(15)21(23)24/h1-4,9-10,14,18,22H,5-8,11-12H2. The number of nitrogens with one attached hydrogen (secondary N) is 1. The maximum absolute atomic E-state index is 11.0. The third-order valence-electron chi connectivity index (χ3n) is 3.98. The van der Waals surface area contributed by atoms with Crippen molar-refractivity contribution in [3.05, 3.63) is 46.8 Å². The van der Waals surface area contributed by atoms with Crippen LogP contribution in [0.5, 0.6) is 0 Å². The van der Waals surface area contributed by atoms with Gasteiger partial charge in [0.1, 0.15) is 5.69 Å². The van der Waals surface area contributed by atoms with E-state index in [2.05, 4.69) is 15.3 Å². The molecule has 1 aromatic heterocycles. The van der Waals surface area contributed by atoms with Gasteiger partial charge in [-0.1, -0.05) is 12.1 Å². The Kier molecular flexibility index (Phi) is 5.59. The maximum atomic E-state index is 11.0. The largest absolute Gasteiger partial charge is 0.390 e. The third-order valence-corrected chi connectivity index (χ3v) is 3.98. The summed E-state index contributed by atoms with van der Waals surface area (Å²) in [5.74, 6) is 0. The van der Waals surface area contributed by atoms with Crippen LogP contribution in [-0.4, -0.2) is 63.7 Å². The van der Waals surface area contributed by atoms with Crippen molar-refractivity contribution in [3.63, 3.8) is 0 Å². The van der Waals surface area contributed by atoms with Gasteiger partial charge < -0.3 is 15.2 Å². The Bertz CT molecular complexity index is 714. The highest BCUT2D eigenvalue weighted by Gasteiger charge is 2.16. The second kappa shape index (κ2) is 8.06. The molecule has 1 aromatic carbocycles. The molecule has 2 aromatic rings. The predicted molar refractivity (Wildman–Crippen MR) is 91.9 cm³/mol. The molecule has 1 aliphatic heterocycles. The SMILES string of the molecule is O=[N+]([O-])c1ccccc1Nc1cnn(CC(O)CN2CCOCC2)c1. The van der Waals surface area contributed by atoms with Crippen LogP contribution in [0.15, 0.2) is 36.7 Å². The number of anilines is 2. The fourth-order valence-electron chi connectivity index (χ4n) is 2.78. The molecule has 25 heavy (non-hydrogen) atoms. The zero-order chi connectivity index (χ0) is 17.6. The Hall–Kier alpha value is -2.49. The molecule has 1 fully saturated rings. The van der Waals surface area contributed by atoms with Crippen molar-refractivity contribution in [1.29, 1.82) is 0 Å². The second-order valence-electron chi connectivity index (χ2n) is 5.92. The summed E-state index contributed by atoms with van der Waals surface area (Å²) in [4.78, 5) is 12.8. The fraction of sp³-hybridized carbons (Fsp3) is 0.438. The van der Waals surface area contributed by atoms with Crippen molar-refractivity contribution in [3.8, 4) is 0 Å². The summed E-state index contributed by atoms with van der Waals surface area (Å²) in [5.41, 5.74) is 1.04. The molecule has 1 aliphatic rings. The van der Waals surface area contributed by atoms with Crippen molar-refractivity contribution < 1.29 is 14.8 Å². The van der Waals surface area contributed by atoms with E-state index in [-0.39, 0.29) is 5.69 Å². The highest BCUT2D eigenvalue weighted by atomic mass is 16.6. The number of nitrogens with zero attached hydrogens (tertiary/aromatic N) is 4. The lowest BCUT2D eigenvalue weighted by atomic mass is 10.2. The molecule has 3 rings (SSSR count). The van der Waals surface area contributed by atoms with Gasteiger partial charge in [0, 0.05) is 31.9 Å². The van der Waals surface area contributed by atoms with Crippen LogP contribution in [0.4, 0.5) is 17.1 Å². The predicted octanol–water partition coefficient (Wildman–Crippen LogP) is 1.23. The van der Waals surface area contributed by atoms with Crippen molar-refractivity contribution >= 4 is 17.1 Å². The Balaban J connectivity index is 1.58. The number of rotatable bonds is 7. The van der Waals surface area contributed by atoms with E-state index in [1.54, 1.807) is 35.3 Å². The normalized spacial score (nSPS) is 16.5. The average molecular weight is 347 g/mol. The summed E-state index contributed by atoms with van der Waals surface area (Å²) in [5, 5.41) is 28.5. The van der Waals surface area contributed by atoms with Crippen LogP contribution >= 0.6 is 0 Å². The molecule has 9 nitrogen and oxygen atoms in total. The minimum atomic E-state index is -0.545. The first kappa shape index (κ1) is 17.3. The van der Waals surface area contributed by atoms with E-state index in [4.69, 9.17) is 4.74 Å². The van der Waals surface area contributed by atoms with Crippen LogP contribution in [0.3, 0.4) is 0 Å². The highest BCUT2D eigenvalue weighted by Crippen LogP contribution is 2.26. The first-order chi connectivity index (χ1) is 12.1. The van der Waals surface area contributed by atoms with Gasteiger partial charge in [-0.25, -0.2) is 0 Å². The van der Waals surface area contributed by atoms with E-state index >= 15 is 0 Å². The lowest BCUT2D eigenvalue weighted by molar-refractivity contribution is -0.383. The molecule has 0 aliphatic carbocycles. The number of aromatic nitrogens is 2. The molecule has 0 spiro atoms. The van der Waals surface area contributed by atoms with E-state index in [9.17, 15) is 15.2 Å². The van der Waals surface area contributed by atoms with Gasteiger partial charge in [-0.2, -0.15) is 5.10 Å². The summed E-state index contributed by atoms with van der Waals surface area (Å²) < 4.78 is 6.92. The summed E-state index contributed by atoms with van der Waals surface area (Å²) >= 11 is 0. The number of ether oxygens (including phenoxy) is 1. The zero-order valence-corrected chi connectivity index (χ0v) is 13.7. The molecular weight excluding hydrogens is 326 g/mol. The number of benzene rings is 1. The number of para-hydroxylation sites is 2. The van der Waals surface area contributed by atoms with Crippen LogP contribution in [0.2, 0.25) is 0 Å². The second-order valence-corrected chi connectivity index (χ2v) is 5.92. The number of hydrogen-bond donors (Lipinski definition) is 2. The Labute approximate surface area is 145 Å². The molecular formula is C16H21N5O4. The summed E-state index contributed by atoms with van der Waals surface area (Å²) in [6.07, 6.45) is 2.76. The quantitative estimate of drug-likeness (QED) is 0.573. The average Bonchev–Trinajstić information content (AvgIpc) is 3.02. The van der Waals surface area contributed by atoms with Gasteiger partial charge in [0.25, 0.3) is 5.69 Å². The lowest BCUT2D eigenvalue weighted by Crippen LogP contribution is -2.42. The lowest BCUT2D eigenvalue weighted by Gasteiger charge is -2.28. The van der Waals surface area contributed by atoms with Crippen LogP contribution in [-0.2, 0) is 11.3 Å². The van der Waals surface area contributed by atoms with Crippen molar-refractivity contribution in [2.45, 2.75) is 12.6 Å². The number of nitro benzene ring substituents is 1. The minimum absolute atomic E-state index is 0.00241. The van der Waals surface area contributed by atoms with Crippen molar-refractivity contribution in [1.82, 2.24) is 14.7 Å². The molecule has 134 valence electrons. The van der Waals surface area contributed by atoms with Gasteiger partial charge in [0.15, 0.2) is 0 Å². The number of nitro groups is 1. The van der Waals surface area contributed by atoms with Gasteiger partial charge >= 0.3 is 0 Å². The number of morpholine rings is 1. The number of β-amino-alcohol motifs (C(OH)–C–C–N with tert-alkyl or cyclic N) is 1. The third kappa shape index (κ3) is 4.75. The van der Waals surface area contributed by atoms with Gasteiger partial charge in [-0.15, -0.1) is 0 Å². The Morgan fingerprint density at radius 3 is 2.84 bits per heavy atom. The summed E-state index contributed by atoms with van der Waals surface area (Å²) in [6.45, 7) is 3.95. The topological polar surface area (TPSA) is 106 Å². The number of hydrogen-bond acceptors (Lipinski definition) is 7. The maximum Gasteiger partial charge on any atom is 0.292 e. The minimum Gasteiger partial charge on any atom is -0.390 e. The smallest absolute Gasteiger partial charge is 0.292 e. The molecule has 2 heterocycles. The molecule has 2 N–H and O–H groups in total. The molecule has 1 saturated heterocycles. The monoisotopic (exact) mass is 347 g/mol. The van der Waals surface area contributed by atoms with E-state index in [0.717, 1.165) is 13.1 Å². The fourth-order valence-corrected chi connectivity index (χ4v) is 2.78. The highest BCUT2D eigenvalue weighted by molar-refractivity contribution is 5.68. The molecule has 0 bridgehead atoms. The molecule has 0 amide bonds. The van der Waals surface area contributed by atoms with Crippen LogP contribution < -0.4 is 5.32 Å². The van der Waals surface area contributed by atoms with Gasteiger partial charge in [-0.3, -0.25) is 19.7 Å². The molecule has 1 atom stereocenters. The zero-order valence-electron chi connectivity index (χ0n) is 13.7. The molecule has 0 radical (unpaired) electrons. The van der Waals surface area contributed by atoms with Crippen molar-refractivity contribution in [2.75, 3.05) is 38.2 Å². The van der Waals surface area contributed by atoms with Crippen LogP contribution in [0.1, 0.15) is 0 Å². The summed E-state index contributed by atoms with van der Waals surface area (Å²) in [7, 11) is 0. The van der Waals surface area contributed by atoms with E-state index in [1.165, 1.54) is 6.07 Å². The van der Waals surface area contributed by atoms with Crippen LogP contribution in [0.25, 0.3) is 0 Å². The molecule has 0 saturated carbocycles. The van der Waals surface area contributed by atoms with Gasteiger partial charge in [0.2, 0.25) is 0 Å². The van der Waals surface area contributed by atoms with Gasteiger partial charge in [0.05, 0.1) is 42.7 Å². The Morgan fingerprint density at radius 1 is 1.32 bits per heavy atom. The van der Waals surface area contributed by atoms with E-state index in [1.807, 2.05) is 0 Å². The van der Waals surface area contributed by atoms with Gasteiger partial charge in [-0.05, 0) is 6.07 Å². The summed E-state index contributed by atoms with van der Waals surface area (Å²) in [6, 6.07) is 6.43. The molecule has 1 unspecified atom stereocenters. The Morgan fingerprint density at radius 2 is 2.08 bits per heavy atom. The first-order valence-electron chi connectivity index (χ1n) is 8.13. The number of aliphatic hydroxyl groups excluding tert-OH is 1. The van der Waals surface area contributed by atoms with Crippen molar-refractivity contribution in [2.24, 2.45) is 0 Å². The van der Waals surface area contributed by atoms with E-state index < -0.39 is 11.0 Å². The van der Waals surface area contributed by atoms with E-state index in [0.29, 0.717) is 37.7 Å². The number of aliphatic hydroxyl groups is 1. The van der Waals surface area contributed by atoms with Crippen LogP contribution in [0, 0.1) is 10.1 Å².